The second kappa shape index (κ2) is 4.99. The molecule has 1 rings (SSSR count). The van der Waals surface area contributed by atoms with E-state index < -0.39 is 5.54 Å². The third-order valence-corrected chi connectivity index (χ3v) is 3.07. The molecule has 1 aromatic heterocycles. The summed E-state index contributed by atoms with van der Waals surface area (Å²) in [5.41, 5.74) is 5.30. The van der Waals surface area contributed by atoms with Gasteiger partial charge in [0.1, 0.15) is 0 Å². The molecule has 2 N–H and O–H groups in total. The van der Waals surface area contributed by atoms with Crippen molar-refractivity contribution >= 4 is 11.8 Å². The molecule has 15 heavy (non-hydrogen) atoms. The van der Waals surface area contributed by atoms with Gasteiger partial charge < -0.3 is 10.3 Å². The Labute approximate surface area is 95.0 Å². The lowest BCUT2D eigenvalue weighted by Gasteiger charge is -2.10. The zero-order valence-corrected chi connectivity index (χ0v) is 10.6. The average molecular weight is 229 g/mol. The van der Waals surface area contributed by atoms with Crippen molar-refractivity contribution < 1.29 is 4.52 Å². The summed E-state index contributed by atoms with van der Waals surface area (Å²) in [6, 6.07) is 0. The maximum absolute atomic E-state index is 5.84. The smallest absolute Gasteiger partial charge is 0.246 e. The molecule has 1 heterocycles. The van der Waals surface area contributed by atoms with Crippen LogP contribution in [0, 0.1) is 5.92 Å². The van der Waals surface area contributed by atoms with Crippen LogP contribution in [-0.2, 0) is 11.3 Å². The maximum Gasteiger partial charge on any atom is 0.246 e. The summed E-state index contributed by atoms with van der Waals surface area (Å²) in [5, 5.41) is 3.89. The molecule has 86 valence electrons. The Balaban J connectivity index is 2.47. The lowest BCUT2D eigenvalue weighted by molar-refractivity contribution is 0.310. The van der Waals surface area contributed by atoms with Gasteiger partial charge in [-0.2, -0.15) is 16.7 Å². The average Bonchev–Trinajstić information content (AvgIpc) is 2.51. The first kappa shape index (κ1) is 12.5. The van der Waals surface area contributed by atoms with Crippen molar-refractivity contribution in [2.24, 2.45) is 11.7 Å². The molecule has 1 aromatic rings. The van der Waals surface area contributed by atoms with E-state index in [1.165, 1.54) is 0 Å². The van der Waals surface area contributed by atoms with Crippen molar-refractivity contribution in [2.45, 2.75) is 39.0 Å². The van der Waals surface area contributed by atoms with Gasteiger partial charge >= 0.3 is 0 Å². The number of aromatic nitrogens is 2. The van der Waals surface area contributed by atoms with Gasteiger partial charge in [-0.1, -0.05) is 19.0 Å². The summed E-state index contributed by atoms with van der Waals surface area (Å²) in [6.45, 7) is 8.09. The molecule has 5 heteroatoms. The van der Waals surface area contributed by atoms with Crippen molar-refractivity contribution in [1.82, 2.24) is 10.1 Å². The number of nitrogens with two attached hydrogens (primary N) is 1. The molecule has 0 aliphatic heterocycles. The molecule has 0 radical (unpaired) electrons. The highest BCUT2D eigenvalue weighted by atomic mass is 32.2. The van der Waals surface area contributed by atoms with E-state index in [4.69, 9.17) is 10.3 Å². The number of thioether (sulfide) groups is 1. The minimum Gasteiger partial charge on any atom is -0.337 e. The Morgan fingerprint density at radius 1 is 1.47 bits per heavy atom. The van der Waals surface area contributed by atoms with Crippen LogP contribution in [0.5, 0.6) is 0 Å². The molecule has 0 aliphatic carbocycles. The summed E-state index contributed by atoms with van der Waals surface area (Å²) < 4.78 is 5.09. The van der Waals surface area contributed by atoms with Crippen LogP contribution in [-0.4, -0.2) is 15.9 Å². The number of hydrogen-bond acceptors (Lipinski definition) is 5. The van der Waals surface area contributed by atoms with E-state index in [0.29, 0.717) is 11.8 Å². The first-order valence-electron chi connectivity index (χ1n) is 5.09. The normalized spacial score (nSPS) is 12.4. The summed E-state index contributed by atoms with van der Waals surface area (Å²) in [5.74, 6) is 3.82. The van der Waals surface area contributed by atoms with Crippen LogP contribution in [0.25, 0.3) is 0 Å². The minimum absolute atomic E-state index is 0.502. The fourth-order valence-electron chi connectivity index (χ4n) is 0.960. The Bertz CT molecular complexity index is 304. The van der Waals surface area contributed by atoms with Crippen LogP contribution in [0.4, 0.5) is 0 Å². The molecule has 0 spiro atoms. The molecule has 0 saturated heterocycles. The van der Waals surface area contributed by atoms with Crippen LogP contribution in [0.15, 0.2) is 4.52 Å². The molecule has 0 aromatic carbocycles. The van der Waals surface area contributed by atoms with Crippen LogP contribution < -0.4 is 5.73 Å². The quantitative estimate of drug-likeness (QED) is 0.838. The van der Waals surface area contributed by atoms with Gasteiger partial charge in [0.15, 0.2) is 5.82 Å². The highest BCUT2D eigenvalue weighted by molar-refractivity contribution is 7.98. The predicted molar refractivity (Wildman–Crippen MR) is 62.5 cm³/mol. The van der Waals surface area contributed by atoms with Crippen molar-refractivity contribution in [1.29, 1.82) is 0 Å². The fraction of sp³-hybridized carbons (Fsp3) is 0.800. The molecule has 0 unspecified atom stereocenters. The Hall–Kier alpha value is -0.550. The molecule has 0 atom stereocenters. The molecule has 0 fully saturated rings. The molecular weight excluding hydrogens is 210 g/mol. The SMILES string of the molecule is CC(C)CSCc1noc(C(C)(C)N)n1. The van der Waals surface area contributed by atoms with Gasteiger partial charge in [-0.3, -0.25) is 0 Å². The standard InChI is InChI=1S/C10H19N3OS/c1-7(2)5-15-6-8-12-9(14-13-8)10(3,4)11/h7H,5-6,11H2,1-4H3. The first-order chi connectivity index (χ1) is 6.89. The van der Waals surface area contributed by atoms with Gasteiger partial charge in [0.25, 0.3) is 0 Å². The van der Waals surface area contributed by atoms with Gasteiger partial charge in [-0.15, -0.1) is 0 Å². The lowest BCUT2D eigenvalue weighted by atomic mass is 10.1. The van der Waals surface area contributed by atoms with Crippen LogP contribution in [0.1, 0.15) is 39.4 Å². The summed E-state index contributed by atoms with van der Waals surface area (Å²) in [7, 11) is 0. The van der Waals surface area contributed by atoms with Gasteiger partial charge in [-0.05, 0) is 25.5 Å². The Morgan fingerprint density at radius 3 is 2.60 bits per heavy atom. The number of nitrogens with zero attached hydrogens (tertiary/aromatic N) is 2. The van der Waals surface area contributed by atoms with Gasteiger partial charge in [0, 0.05) is 0 Å². The topological polar surface area (TPSA) is 64.9 Å². The molecule has 0 aliphatic rings. The van der Waals surface area contributed by atoms with Gasteiger partial charge in [0.2, 0.25) is 5.89 Å². The van der Waals surface area contributed by atoms with E-state index in [0.717, 1.165) is 17.3 Å². The Morgan fingerprint density at radius 2 is 2.13 bits per heavy atom. The minimum atomic E-state index is -0.548. The third kappa shape index (κ3) is 4.22. The van der Waals surface area contributed by atoms with E-state index in [9.17, 15) is 0 Å². The largest absolute Gasteiger partial charge is 0.337 e. The van der Waals surface area contributed by atoms with Crippen molar-refractivity contribution in [3.05, 3.63) is 11.7 Å². The lowest BCUT2D eigenvalue weighted by Crippen LogP contribution is -2.29. The van der Waals surface area contributed by atoms with Gasteiger partial charge in [-0.25, -0.2) is 0 Å². The van der Waals surface area contributed by atoms with E-state index in [-0.39, 0.29) is 0 Å². The van der Waals surface area contributed by atoms with E-state index >= 15 is 0 Å². The highest BCUT2D eigenvalue weighted by Crippen LogP contribution is 2.17. The maximum atomic E-state index is 5.84. The zero-order chi connectivity index (χ0) is 11.5. The molecule has 0 bridgehead atoms. The monoisotopic (exact) mass is 229 g/mol. The highest BCUT2D eigenvalue weighted by Gasteiger charge is 2.22. The van der Waals surface area contributed by atoms with Crippen molar-refractivity contribution in [2.75, 3.05) is 5.75 Å². The molecular formula is C10H19N3OS. The van der Waals surface area contributed by atoms with Crippen LogP contribution in [0.3, 0.4) is 0 Å². The van der Waals surface area contributed by atoms with E-state index in [1.54, 1.807) is 0 Å². The zero-order valence-electron chi connectivity index (χ0n) is 9.78. The Kier molecular flexibility index (Phi) is 4.16. The molecule has 4 nitrogen and oxygen atoms in total. The predicted octanol–water partition coefficient (Wildman–Crippen LogP) is 2.15. The summed E-state index contributed by atoms with van der Waals surface area (Å²) >= 11 is 1.81. The third-order valence-electron chi connectivity index (χ3n) is 1.70. The van der Waals surface area contributed by atoms with E-state index in [2.05, 4.69) is 24.0 Å². The van der Waals surface area contributed by atoms with Crippen LogP contribution in [0.2, 0.25) is 0 Å². The summed E-state index contributed by atoms with van der Waals surface area (Å²) in [4.78, 5) is 4.25. The number of rotatable bonds is 5. The fourth-order valence-corrected chi connectivity index (χ4v) is 1.85. The second-order valence-corrected chi connectivity index (χ2v) is 5.68. The molecule has 0 amide bonds. The molecule has 0 saturated carbocycles. The second-order valence-electron chi connectivity index (χ2n) is 4.65. The van der Waals surface area contributed by atoms with Crippen molar-refractivity contribution in [3.8, 4) is 0 Å². The number of hydrogen-bond donors (Lipinski definition) is 1. The first-order valence-corrected chi connectivity index (χ1v) is 6.24. The van der Waals surface area contributed by atoms with Crippen molar-refractivity contribution in [3.63, 3.8) is 0 Å². The van der Waals surface area contributed by atoms with Crippen LogP contribution >= 0.6 is 11.8 Å². The van der Waals surface area contributed by atoms with Gasteiger partial charge in [0.05, 0.1) is 11.3 Å². The van der Waals surface area contributed by atoms with E-state index in [1.807, 2.05) is 25.6 Å². The summed E-state index contributed by atoms with van der Waals surface area (Å²) in [6.07, 6.45) is 0.